The molecule has 1 unspecified atom stereocenters. The summed E-state index contributed by atoms with van der Waals surface area (Å²) in [7, 11) is 0. The molecule has 0 aromatic rings. The van der Waals surface area contributed by atoms with E-state index in [0.29, 0.717) is 19.6 Å². The molecular formula is C27H52N4O6. The molecule has 0 aromatic heterocycles. The van der Waals surface area contributed by atoms with Crippen LogP contribution in [0.3, 0.4) is 0 Å². The van der Waals surface area contributed by atoms with E-state index in [-0.39, 0.29) is 17.2 Å². The summed E-state index contributed by atoms with van der Waals surface area (Å²) in [6.07, 6.45) is -0.746. The Kier molecular flexibility index (Phi) is 10.9. The number of nitrogens with zero attached hydrogens (tertiary/aromatic N) is 4. The highest BCUT2D eigenvalue weighted by Gasteiger charge is 2.40. The zero-order valence-corrected chi connectivity index (χ0v) is 25.3. The summed E-state index contributed by atoms with van der Waals surface area (Å²) in [6.45, 7) is 28.4. The smallest absolute Gasteiger partial charge is 0.411 e. The average Bonchev–Trinajstić information content (AvgIpc) is 2.70. The number of hydrogen-bond acceptors (Lipinski definition) is 7. The van der Waals surface area contributed by atoms with Gasteiger partial charge in [0.1, 0.15) is 17.2 Å². The maximum atomic E-state index is 12.1. The van der Waals surface area contributed by atoms with Gasteiger partial charge in [0.25, 0.3) is 0 Å². The minimum absolute atomic E-state index is 0.117. The lowest BCUT2D eigenvalue weighted by Gasteiger charge is -2.45. The van der Waals surface area contributed by atoms with Crippen molar-refractivity contribution in [2.45, 2.75) is 111 Å². The van der Waals surface area contributed by atoms with E-state index in [1.54, 1.807) is 25.7 Å². The number of aliphatic carboxylic acids is 1. The highest BCUT2D eigenvalue weighted by atomic mass is 16.6. The number of carboxylic acid groups (broad SMARTS) is 1. The number of ether oxygens (including phenoxy) is 2. The van der Waals surface area contributed by atoms with Crippen molar-refractivity contribution in [3.05, 3.63) is 0 Å². The first-order chi connectivity index (χ1) is 16.5. The molecule has 2 heterocycles. The van der Waals surface area contributed by atoms with Crippen LogP contribution >= 0.6 is 0 Å². The summed E-state index contributed by atoms with van der Waals surface area (Å²) in [5, 5.41) is 9.36. The SMILES string of the molecule is CC(C)(C)OC(=O)N1CCN(C(C)(C)C)CC1.CC(C)(C)OC(=O)N1CCN(C(C)(C)C)CC1C(=O)O. The fraction of sp³-hybridized carbons (Fsp3) is 0.889. The highest BCUT2D eigenvalue weighted by Crippen LogP contribution is 2.22. The van der Waals surface area contributed by atoms with Crippen LogP contribution in [0.4, 0.5) is 9.59 Å². The molecule has 2 aliphatic rings. The van der Waals surface area contributed by atoms with E-state index in [0.717, 1.165) is 26.2 Å². The summed E-state index contributed by atoms with van der Waals surface area (Å²) in [5.41, 5.74) is -0.965. The van der Waals surface area contributed by atoms with Gasteiger partial charge in [-0.3, -0.25) is 14.7 Å². The number of carboxylic acids is 1. The molecule has 10 nitrogen and oxygen atoms in total. The number of carbonyl (C=O) groups is 3. The molecule has 2 saturated heterocycles. The van der Waals surface area contributed by atoms with E-state index in [1.165, 1.54) is 4.90 Å². The lowest BCUT2D eigenvalue weighted by atomic mass is 10.0. The van der Waals surface area contributed by atoms with Crippen molar-refractivity contribution in [2.24, 2.45) is 0 Å². The van der Waals surface area contributed by atoms with Crippen LogP contribution in [-0.4, -0.2) is 117 Å². The summed E-state index contributed by atoms with van der Waals surface area (Å²) in [4.78, 5) is 43.0. The third kappa shape index (κ3) is 11.5. The van der Waals surface area contributed by atoms with E-state index >= 15 is 0 Å². The molecule has 10 heteroatoms. The van der Waals surface area contributed by atoms with Crippen LogP contribution in [0.2, 0.25) is 0 Å². The third-order valence-corrected chi connectivity index (χ3v) is 6.12. The van der Waals surface area contributed by atoms with Crippen molar-refractivity contribution in [1.82, 2.24) is 19.6 Å². The molecule has 37 heavy (non-hydrogen) atoms. The Morgan fingerprint density at radius 2 is 1.03 bits per heavy atom. The van der Waals surface area contributed by atoms with E-state index in [9.17, 15) is 19.5 Å². The predicted molar refractivity (Wildman–Crippen MR) is 145 cm³/mol. The Morgan fingerprint density at radius 1 is 0.622 bits per heavy atom. The van der Waals surface area contributed by atoms with Gasteiger partial charge in [-0.05, 0) is 83.1 Å². The summed E-state index contributed by atoms with van der Waals surface area (Å²) < 4.78 is 10.7. The number of hydrogen-bond donors (Lipinski definition) is 1. The van der Waals surface area contributed by atoms with Gasteiger partial charge < -0.3 is 19.5 Å². The van der Waals surface area contributed by atoms with Crippen molar-refractivity contribution >= 4 is 18.2 Å². The lowest BCUT2D eigenvalue weighted by molar-refractivity contribution is -0.146. The third-order valence-electron chi connectivity index (χ3n) is 6.12. The molecule has 0 spiro atoms. The van der Waals surface area contributed by atoms with Gasteiger partial charge >= 0.3 is 18.2 Å². The van der Waals surface area contributed by atoms with Crippen LogP contribution in [0.15, 0.2) is 0 Å². The first-order valence-electron chi connectivity index (χ1n) is 13.2. The van der Waals surface area contributed by atoms with Crippen LogP contribution in [0.25, 0.3) is 0 Å². The molecule has 0 aromatic carbocycles. The fourth-order valence-corrected chi connectivity index (χ4v) is 4.03. The molecule has 1 atom stereocenters. The quantitative estimate of drug-likeness (QED) is 0.542. The second-order valence-corrected chi connectivity index (χ2v) is 13.8. The number of rotatable bonds is 1. The maximum absolute atomic E-state index is 12.1. The Labute approximate surface area is 224 Å². The molecular weight excluding hydrogens is 476 g/mol. The molecule has 2 amide bonds. The zero-order valence-electron chi connectivity index (χ0n) is 25.3. The Bertz CT molecular complexity index is 781. The molecule has 0 bridgehead atoms. The first-order valence-corrected chi connectivity index (χ1v) is 13.2. The van der Waals surface area contributed by atoms with Crippen molar-refractivity contribution in [3.8, 4) is 0 Å². The molecule has 2 fully saturated rings. The summed E-state index contributed by atoms with van der Waals surface area (Å²) in [5.74, 6) is -0.996. The van der Waals surface area contributed by atoms with Crippen molar-refractivity contribution in [3.63, 3.8) is 0 Å². The maximum Gasteiger partial charge on any atom is 0.411 e. The summed E-state index contributed by atoms with van der Waals surface area (Å²) >= 11 is 0. The zero-order chi connectivity index (χ0) is 29.0. The first kappa shape index (κ1) is 33.0. The normalized spacial score (nSPS) is 20.6. The van der Waals surface area contributed by atoms with E-state index < -0.39 is 29.3 Å². The second-order valence-electron chi connectivity index (χ2n) is 13.8. The van der Waals surface area contributed by atoms with Crippen LogP contribution in [0.5, 0.6) is 0 Å². The standard InChI is InChI=1S/C14H26N2O4.C13H26N2O2/c1-13(2,3)15-7-8-16(10(9-15)11(17)18)12(19)20-14(4,5)6;1-12(2,3)15-9-7-14(8-10-15)11(16)17-13(4,5)6/h10H,7-9H2,1-6H3,(H,17,18);7-10H2,1-6H3. The molecule has 2 aliphatic heterocycles. The van der Waals surface area contributed by atoms with Gasteiger partial charge in [0, 0.05) is 56.9 Å². The molecule has 2 rings (SSSR count). The summed E-state index contributed by atoms with van der Waals surface area (Å²) in [6, 6.07) is -0.863. The Balaban J connectivity index is 0.000000375. The van der Waals surface area contributed by atoms with Crippen LogP contribution < -0.4 is 0 Å². The molecule has 1 N–H and O–H groups in total. The fourth-order valence-electron chi connectivity index (χ4n) is 4.03. The minimum atomic E-state index is -0.996. The van der Waals surface area contributed by atoms with Gasteiger partial charge in [0.05, 0.1) is 0 Å². The molecule has 216 valence electrons. The average molecular weight is 529 g/mol. The minimum Gasteiger partial charge on any atom is -0.480 e. The van der Waals surface area contributed by atoms with Gasteiger partial charge in [-0.1, -0.05) is 0 Å². The van der Waals surface area contributed by atoms with Crippen LogP contribution in [0, 0.1) is 0 Å². The van der Waals surface area contributed by atoms with E-state index in [1.807, 2.05) is 41.5 Å². The highest BCUT2D eigenvalue weighted by molar-refractivity contribution is 5.80. The predicted octanol–water partition coefficient (Wildman–Crippen LogP) is 4.13. The van der Waals surface area contributed by atoms with Crippen LogP contribution in [0.1, 0.15) is 83.1 Å². The van der Waals surface area contributed by atoms with Gasteiger partial charge in [-0.2, -0.15) is 0 Å². The van der Waals surface area contributed by atoms with Crippen molar-refractivity contribution < 1.29 is 29.0 Å². The molecule has 0 radical (unpaired) electrons. The van der Waals surface area contributed by atoms with Gasteiger partial charge in [-0.15, -0.1) is 0 Å². The Hall–Kier alpha value is -2.07. The number of piperazine rings is 2. The topological polar surface area (TPSA) is 103 Å². The lowest BCUT2D eigenvalue weighted by Crippen LogP contribution is -2.62. The second kappa shape index (κ2) is 12.2. The van der Waals surface area contributed by atoms with Gasteiger partial charge in [-0.25, -0.2) is 14.4 Å². The van der Waals surface area contributed by atoms with Gasteiger partial charge in [0.15, 0.2) is 0 Å². The van der Waals surface area contributed by atoms with Crippen molar-refractivity contribution in [2.75, 3.05) is 45.8 Å². The van der Waals surface area contributed by atoms with Gasteiger partial charge in [0.2, 0.25) is 0 Å². The molecule has 0 aliphatic carbocycles. The monoisotopic (exact) mass is 528 g/mol. The van der Waals surface area contributed by atoms with E-state index in [2.05, 4.69) is 30.6 Å². The van der Waals surface area contributed by atoms with Crippen molar-refractivity contribution in [1.29, 1.82) is 0 Å². The van der Waals surface area contributed by atoms with Crippen LogP contribution in [-0.2, 0) is 14.3 Å². The largest absolute Gasteiger partial charge is 0.480 e. The number of carbonyl (C=O) groups excluding carboxylic acids is 2. The number of amides is 2. The van der Waals surface area contributed by atoms with E-state index in [4.69, 9.17) is 9.47 Å². The molecule has 0 saturated carbocycles. The Morgan fingerprint density at radius 3 is 1.41 bits per heavy atom.